The minimum Gasteiger partial charge on any atom is -0.320 e. The molecule has 1 aliphatic rings. The van der Waals surface area contributed by atoms with Crippen molar-refractivity contribution in [3.63, 3.8) is 0 Å². The average molecular weight is 271 g/mol. The molecule has 2 amide bonds. The normalized spacial score (nSPS) is 19.2. The van der Waals surface area contributed by atoms with Crippen LogP contribution in [-0.4, -0.2) is 35.8 Å². The first kappa shape index (κ1) is 14.3. The molecule has 1 atom stereocenters. The van der Waals surface area contributed by atoms with Gasteiger partial charge in [0.05, 0.1) is 19.1 Å². The van der Waals surface area contributed by atoms with Gasteiger partial charge in [0.15, 0.2) is 0 Å². The van der Waals surface area contributed by atoms with Crippen molar-refractivity contribution < 1.29 is 9.59 Å². The number of hydrogen-bond acceptors (Lipinski definition) is 4. The van der Waals surface area contributed by atoms with E-state index in [-0.39, 0.29) is 24.4 Å². The van der Waals surface area contributed by atoms with Crippen LogP contribution in [0.2, 0.25) is 0 Å². The predicted octanol–water partition coefficient (Wildman–Crippen LogP) is -0.156. The van der Waals surface area contributed by atoms with Crippen molar-refractivity contribution in [3.05, 3.63) is 35.4 Å². The van der Waals surface area contributed by atoms with Gasteiger partial charge in [-0.25, -0.2) is 0 Å². The van der Waals surface area contributed by atoms with Crippen molar-refractivity contribution >= 4 is 11.8 Å². The van der Waals surface area contributed by atoms with Crippen molar-refractivity contribution in [1.29, 1.82) is 0 Å². The van der Waals surface area contributed by atoms with Crippen LogP contribution in [0.3, 0.4) is 0 Å². The number of rotatable bonds is 2. The number of carbonyl (C=O) groups excluding carboxylic acids is 2. The molecule has 0 radical (unpaired) electrons. The highest BCUT2D eigenvalue weighted by molar-refractivity contribution is 6.00. The largest absolute Gasteiger partial charge is 0.320 e. The Morgan fingerprint density at radius 2 is 2.25 bits per heavy atom. The van der Waals surface area contributed by atoms with Gasteiger partial charge in [0.1, 0.15) is 0 Å². The molecule has 0 aliphatic carbocycles. The zero-order valence-electron chi connectivity index (χ0n) is 11.3. The van der Waals surface area contributed by atoms with Crippen LogP contribution in [0.1, 0.15) is 18.1 Å². The van der Waals surface area contributed by atoms with Crippen molar-refractivity contribution in [2.75, 3.05) is 13.1 Å². The van der Waals surface area contributed by atoms with E-state index in [1.54, 1.807) is 6.92 Å². The maximum atomic E-state index is 11.6. The lowest BCUT2D eigenvalue weighted by Crippen LogP contribution is -2.56. The molecule has 5 nitrogen and oxygen atoms in total. The van der Waals surface area contributed by atoms with Gasteiger partial charge in [-0.2, -0.15) is 0 Å². The van der Waals surface area contributed by atoms with E-state index < -0.39 is 0 Å². The lowest BCUT2D eigenvalue weighted by molar-refractivity contribution is -0.139. The Hall–Kier alpha value is -2.16. The lowest BCUT2D eigenvalue weighted by Gasteiger charge is -2.31. The number of nitrogens with two attached hydrogens (primary N) is 1. The maximum absolute atomic E-state index is 11.6. The zero-order chi connectivity index (χ0) is 14.5. The second-order valence-corrected chi connectivity index (χ2v) is 4.70. The molecule has 104 valence electrons. The first-order valence-electron chi connectivity index (χ1n) is 6.46. The summed E-state index contributed by atoms with van der Waals surface area (Å²) in [7, 11) is 0. The Morgan fingerprint density at radius 3 is 3.00 bits per heavy atom. The molecule has 1 heterocycles. The Kier molecular flexibility index (Phi) is 4.51. The Labute approximate surface area is 118 Å². The third kappa shape index (κ3) is 3.44. The second-order valence-electron chi connectivity index (χ2n) is 4.70. The van der Waals surface area contributed by atoms with Crippen molar-refractivity contribution in [3.8, 4) is 11.8 Å². The van der Waals surface area contributed by atoms with E-state index >= 15 is 0 Å². The molecule has 1 aromatic rings. The average Bonchev–Trinajstić information content (AvgIpc) is 2.42. The summed E-state index contributed by atoms with van der Waals surface area (Å²) in [6.45, 7) is 2.88. The number of carbonyl (C=O) groups is 2. The molecule has 1 fully saturated rings. The predicted molar refractivity (Wildman–Crippen MR) is 75.4 cm³/mol. The van der Waals surface area contributed by atoms with Crippen LogP contribution in [0, 0.1) is 11.8 Å². The van der Waals surface area contributed by atoms with Gasteiger partial charge in [-0.15, -0.1) is 0 Å². The van der Waals surface area contributed by atoms with E-state index in [1.165, 1.54) is 0 Å². The van der Waals surface area contributed by atoms with Gasteiger partial charge in [-0.3, -0.25) is 19.8 Å². The van der Waals surface area contributed by atoms with Crippen LogP contribution in [-0.2, 0) is 16.1 Å². The number of nitrogens with one attached hydrogen (secondary N) is 1. The number of piperazine rings is 1. The fraction of sp³-hybridized carbons (Fsp3) is 0.333. The minimum atomic E-state index is -0.313. The molecule has 0 spiro atoms. The van der Waals surface area contributed by atoms with Crippen molar-refractivity contribution in [1.82, 2.24) is 10.2 Å². The Bertz CT molecular complexity index is 586. The summed E-state index contributed by atoms with van der Waals surface area (Å²) in [6.07, 6.45) is 0. The van der Waals surface area contributed by atoms with Crippen LogP contribution in [0.15, 0.2) is 24.3 Å². The van der Waals surface area contributed by atoms with Gasteiger partial charge >= 0.3 is 0 Å². The maximum Gasteiger partial charge on any atom is 0.243 e. The van der Waals surface area contributed by atoms with Crippen molar-refractivity contribution in [2.45, 2.75) is 19.5 Å². The molecule has 1 aliphatic heterocycles. The number of benzene rings is 1. The Morgan fingerprint density at radius 1 is 1.45 bits per heavy atom. The molecular weight excluding hydrogens is 254 g/mol. The Balaban J connectivity index is 2.12. The molecular formula is C15H17N3O2. The topological polar surface area (TPSA) is 75.4 Å². The molecule has 5 heteroatoms. The van der Waals surface area contributed by atoms with Gasteiger partial charge in [-0.05, 0) is 24.6 Å². The smallest absolute Gasteiger partial charge is 0.243 e. The third-order valence-corrected chi connectivity index (χ3v) is 3.18. The summed E-state index contributed by atoms with van der Waals surface area (Å²) in [5, 5.41) is 2.33. The fourth-order valence-corrected chi connectivity index (χ4v) is 2.10. The molecule has 2 rings (SSSR count). The fourth-order valence-electron chi connectivity index (χ4n) is 2.10. The van der Waals surface area contributed by atoms with E-state index in [2.05, 4.69) is 17.2 Å². The lowest BCUT2D eigenvalue weighted by atomic mass is 10.1. The molecule has 0 aromatic heterocycles. The standard InChI is InChI=1S/C15H17N3O2/c1-11-15(20)17-14(19)10-18(11)9-13-5-2-4-12(8-13)6-3-7-16/h2,4-5,8,11H,7,9-10,16H2,1H3,(H,17,19,20). The summed E-state index contributed by atoms with van der Waals surface area (Å²) in [4.78, 5) is 24.9. The van der Waals surface area contributed by atoms with Gasteiger partial charge in [0.2, 0.25) is 11.8 Å². The molecule has 1 unspecified atom stereocenters. The van der Waals surface area contributed by atoms with E-state index in [1.807, 2.05) is 29.2 Å². The first-order chi connectivity index (χ1) is 9.60. The first-order valence-corrected chi connectivity index (χ1v) is 6.46. The van der Waals surface area contributed by atoms with E-state index in [4.69, 9.17) is 5.73 Å². The second kappa shape index (κ2) is 6.33. The minimum absolute atomic E-state index is 0.228. The zero-order valence-corrected chi connectivity index (χ0v) is 11.3. The summed E-state index contributed by atoms with van der Waals surface area (Å²) in [6, 6.07) is 7.41. The van der Waals surface area contributed by atoms with Crippen LogP contribution in [0.4, 0.5) is 0 Å². The van der Waals surface area contributed by atoms with Gasteiger partial charge in [-0.1, -0.05) is 24.0 Å². The van der Waals surface area contributed by atoms with Crippen LogP contribution in [0.25, 0.3) is 0 Å². The molecule has 0 saturated carbocycles. The van der Waals surface area contributed by atoms with Gasteiger partial charge in [0, 0.05) is 12.1 Å². The SMILES string of the molecule is CC1C(=O)NC(=O)CN1Cc1cccc(C#CCN)c1. The molecule has 20 heavy (non-hydrogen) atoms. The van der Waals surface area contributed by atoms with E-state index in [9.17, 15) is 9.59 Å². The van der Waals surface area contributed by atoms with Gasteiger partial charge in [0.25, 0.3) is 0 Å². The molecule has 3 N–H and O–H groups in total. The van der Waals surface area contributed by atoms with Crippen LogP contribution >= 0.6 is 0 Å². The highest BCUT2D eigenvalue weighted by Crippen LogP contribution is 2.12. The molecule has 0 bridgehead atoms. The number of nitrogens with zero attached hydrogens (tertiary/aromatic N) is 1. The summed E-state index contributed by atoms with van der Waals surface area (Å²) in [5.74, 6) is 5.27. The summed E-state index contributed by atoms with van der Waals surface area (Å²) < 4.78 is 0. The molecule has 1 saturated heterocycles. The summed E-state index contributed by atoms with van der Waals surface area (Å²) in [5.41, 5.74) is 7.25. The quantitative estimate of drug-likeness (QED) is 0.579. The van der Waals surface area contributed by atoms with Crippen LogP contribution in [0.5, 0.6) is 0 Å². The third-order valence-electron chi connectivity index (χ3n) is 3.18. The number of hydrogen-bond donors (Lipinski definition) is 2. The highest BCUT2D eigenvalue weighted by atomic mass is 16.2. The summed E-state index contributed by atoms with van der Waals surface area (Å²) >= 11 is 0. The number of amides is 2. The highest BCUT2D eigenvalue weighted by Gasteiger charge is 2.29. The van der Waals surface area contributed by atoms with E-state index in [0.29, 0.717) is 13.1 Å². The monoisotopic (exact) mass is 271 g/mol. The number of imide groups is 1. The van der Waals surface area contributed by atoms with Crippen molar-refractivity contribution in [2.24, 2.45) is 5.73 Å². The molecule has 1 aromatic carbocycles. The van der Waals surface area contributed by atoms with Gasteiger partial charge < -0.3 is 5.73 Å². The van der Waals surface area contributed by atoms with E-state index in [0.717, 1.165) is 11.1 Å². The van der Waals surface area contributed by atoms with Crippen LogP contribution < -0.4 is 11.1 Å².